The lowest BCUT2D eigenvalue weighted by molar-refractivity contribution is -0.139. The summed E-state index contributed by atoms with van der Waals surface area (Å²) in [5, 5.41) is 16.3. The standard InChI is InChI=1S/C15H19N3O4/c1-4-11-10-6-9(7-16-14(10)22-18-11)13(19)17-12(15(20)21)5-8(2)3/h6-8,12H,4-5H2,1-3H3,(H,17,19)(H,20,21)/t12-/m0/s1. The molecule has 0 saturated carbocycles. The Hall–Kier alpha value is -2.44. The molecule has 0 aromatic carbocycles. The highest BCUT2D eigenvalue weighted by Gasteiger charge is 2.22. The van der Waals surface area contributed by atoms with Crippen LogP contribution in [-0.2, 0) is 11.2 Å². The molecular weight excluding hydrogens is 286 g/mol. The van der Waals surface area contributed by atoms with Crippen molar-refractivity contribution in [1.29, 1.82) is 0 Å². The number of amides is 1. The van der Waals surface area contributed by atoms with Gasteiger partial charge in [-0.2, -0.15) is 0 Å². The molecule has 0 aliphatic carbocycles. The second kappa shape index (κ2) is 6.55. The number of carboxylic acids is 1. The molecule has 118 valence electrons. The molecule has 1 atom stereocenters. The highest BCUT2D eigenvalue weighted by molar-refractivity contribution is 5.98. The van der Waals surface area contributed by atoms with E-state index in [9.17, 15) is 14.7 Å². The van der Waals surface area contributed by atoms with Crippen molar-refractivity contribution < 1.29 is 19.2 Å². The number of nitrogens with zero attached hydrogens (tertiary/aromatic N) is 2. The van der Waals surface area contributed by atoms with Gasteiger partial charge in [-0.15, -0.1) is 0 Å². The van der Waals surface area contributed by atoms with Gasteiger partial charge in [-0.05, 0) is 24.8 Å². The Bertz CT molecular complexity index is 693. The Kier molecular flexibility index (Phi) is 4.75. The van der Waals surface area contributed by atoms with Crippen molar-refractivity contribution in [2.75, 3.05) is 0 Å². The monoisotopic (exact) mass is 305 g/mol. The summed E-state index contributed by atoms with van der Waals surface area (Å²) in [6, 6.07) is 0.706. The van der Waals surface area contributed by atoms with Crippen LogP contribution in [0.15, 0.2) is 16.8 Å². The second-order valence-corrected chi connectivity index (χ2v) is 5.55. The van der Waals surface area contributed by atoms with Gasteiger partial charge in [-0.25, -0.2) is 9.78 Å². The molecule has 0 fully saturated rings. The van der Waals surface area contributed by atoms with Crippen molar-refractivity contribution in [2.24, 2.45) is 5.92 Å². The predicted octanol–water partition coefficient (Wildman–Crippen LogP) is 2.01. The number of aryl methyl sites for hydroxylation is 1. The fourth-order valence-electron chi connectivity index (χ4n) is 2.19. The number of hydrogen-bond acceptors (Lipinski definition) is 5. The Morgan fingerprint density at radius 3 is 2.73 bits per heavy atom. The molecule has 2 aromatic heterocycles. The van der Waals surface area contributed by atoms with Crippen molar-refractivity contribution in [1.82, 2.24) is 15.5 Å². The molecule has 0 bridgehead atoms. The van der Waals surface area contributed by atoms with Crippen LogP contribution < -0.4 is 5.32 Å². The van der Waals surface area contributed by atoms with Gasteiger partial charge in [0.25, 0.3) is 11.6 Å². The predicted molar refractivity (Wildman–Crippen MR) is 79.5 cm³/mol. The molecule has 22 heavy (non-hydrogen) atoms. The van der Waals surface area contributed by atoms with E-state index in [0.29, 0.717) is 35.2 Å². The van der Waals surface area contributed by atoms with Gasteiger partial charge >= 0.3 is 5.97 Å². The minimum atomic E-state index is -1.05. The van der Waals surface area contributed by atoms with E-state index in [0.717, 1.165) is 0 Å². The van der Waals surface area contributed by atoms with E-state index >= 15 is 0 Å². The SMILES string of the molecule is CCc1noc2ncc(C(=O)N[C@@H](CC(C)C)C(=O)O)cc12. The van der Waals surface area contributed by atoms with E-state index in [1.165, 1.54) is 6.20 Å². The van der Waals surface area contributed by atoms with E-state index in [-0.39, 0.29) is 5.92 Å². The van der Waals surface area contributed by atoms with Crippen LogP contribution in [0.1, 0.15) is 43.2 Å². The molecule has 2 heterocycles. The highest BCUT2D eigenvalue weighted by Crippen LogP contribution is 2.18. The number of hydrogen-bond donors (Lipinski definition) is 2. The van der Waals surface area contributed by atoms with E-state index in [1.807, 2.05) is 20.8 Å². The zero-order chi connectivity index (χ0) is 16.3. The number of aromatic nitrogens is 2. The molecule has 1 amide bonds. The number of pyridine rings is 1. The number of carboxylic acid groups (broad SMARTS) is 1. The number of nitrogens with one attached hydrogen (secondary N) is 1. The molecule has 2 aromatic rings. The molecule has 0 aliphatic rings. The molecule has 2 rings (SSSR count). The van der Waals surface area contributed by atoms with Crippen LogP contribution in [0.25, 0.3) is 11.1 Å². The molecule has 7 nitrogen and oxygen atoms in total. The van der Waals surface area contributed by atoms with Gasteiger partial charge in [0, 0.05) is 6.20 Å². The molecule has 7 heteroatoms. The summed E-state index contributed by atoms with van der Waals surface area (Å²) >= 11 is 0. The zero-order valence-corrected chi connectivity index (χ0v) is 12.8. The summed E-state index contributed by atoms with van der Waals surface area (Å²) in [5.41, 5.74) is 1.37. The molecule has 0 aliphatic heterocycles. The fraction of sp³-hybridized carbons (Fsp3) is 0.467. The first-order valence-electron chi connectivity index (χ1n) is 7.20. The Labute approximate surface area is 127 Å². The average Bonchev–Trinajstić information content (AvgIpc) is 2.87. The largest absolute Gasteiger partial charge is 0.480 e. The van der Waals surface area contributed by atoms with Crippen LogP contribution in [0.5, 0.6) is 0 Å². The minimum absolute atomic E-state index is 0.159. The van der Waals surface area contributed by atoms with Crippen molar-refractivity contribution >= 4 is 23.0 Å². The molecule has 0 spiro atoms. The van der Waals surface area contributed by atoms with E-state index in [2.05, 4.69) is 15.5 Å². The van der Waals surface area contributed by atoms with Crippen LogP contribution in [0.3, 0.4) is 0 Å². The summed E-state index contributed by atoms with van der Waals surface area (Å²) in [7, 11) is 0. The van der Waals surface area contributed by atoms with Crippen molar-refractivity contribution in [2.45, 2.75) is 39.7 Å². The van der Waals surface area contributed by atoms with Crippen LogP contribution in [0, 0.1) is 5.92 Å². The van der Waals surface area contributed by atoms with Crippen LogP contribution in [0.4, 0.5) is 0 Å². The van der Waals surface area contributed by atoms with Crippen LogP contribution in [-0.4, -0.2) is 33.2 Å². The van der Waals surface area contributed by atoms with Crippen LogP contribution >= 0.6 is 0 Å². The average molecular weight is 305 g/mol. The number of aliphatic carboxylic acids is 1. The third-order valence-corrected chi connectivity index (χ3v) is 3.31. The number of carbonyl (C=O) groups is 2. The first-order chi connectivity index (χ1) is 10.4. The van der Waals surface area contributed by atoms with E-state index < -0.39 is 17.9 Å². The van der Waals surface area contributed by atoms with Crippen molar-refractivity contribution in [3.63, 3.8) is 0 Å². The lowest BCUT2D eigenvalue weighted by Gasteiger charge is -2.16. The first-order valence-corrected chi connectivity index (χ1v) is 7.20. The molecule has 0 saturated heterocycles. The number of carbonyl (C=O) groups excluding carboxylic acids is 1. The Morgan fingerprint density at radius 2 is 2.14 bits per heavy atom. The molecule has 0 unspecified atom stereocenters. The minimum Gasteiger partial charge on any atom is -0.480 e. The van der Waals surface area contributed by atoms with Gasteiger partial charge in [0.1, 0.15) is 6.04 Å². The topological polar surface area (TPSA) is 105 Å². The van der Waals surface area contributed by atoms with E-state index in [1.54, 1.807) is 6.07 Å². The maximum absolute atomic E-state index is 12.2. The normalized spacial score (nSPS) is 12.5. The summed E-state index contributed by atoms with van der Waals surface area (Å²) in [5.74, 6) is -1.35. The maximum atomic E-state index is 12.2. The van der Waals surface area contributed by atoms with Gasteiger partial charge in [0.05, 0.1) is 16.6 Å². The summed E-state index contributed by atoms with van der Waals surface area (Å²) in [6.45, 7) is 5.73. The lowest BCUT2D eigenvalue weighted by Crippen LogP contribution is -2.41. The summed E-state index contributed by atoms with van der Waals surface area (Å²) < 4.78 is 5.06. The van der Waals surface area contributed by atoms with Gasteiger partial charge in [0.2, 0.25) is 0 Å². The molecule has 0 radical (unpaired) electrons. The summed E-state index contributed by atoms with van der Waals surface area (Å²) in [4.78, 5) is 27.5. The number of rotatable bonds is 6. The van der Waals surface area contributed by atoms with Crippen molar-refractivity contribution in [3.05, 3.63) is 23.5 Å². The summed E-state index contributed by atoms with van der Waals surface area (Å²) in [6.07, 6.45) is 2.38. The van der Waals surface area contributed by atoms with Gasteiger partial charge < -0.3 is 14.9 Å². The highest BCUT2D eigenvalue weighted by atomic mass is 16.5. The van der Waals surface area contributed by atoms with Crippen molar-refractivity contribution in [3.8, 4) is 0 Å². The van der Waals surface area contributed by atoms with Crippen LogP contribution in [0.2, 0.25) is 0 Å². The first kappa shape index (κ1) is 15.9. The Morgan fingerprint density at radius 1 is 1.41 bits per heavy atom. The third-order valence-electron chi connectivity index (χ3n) is 3.31. The fourth-order valence-corrected chi connectivity index (χ4v) is 2.19. The zero-order valence-electron chi connectivity index (χ0n) is 12.8. The molecule has 2 N–H and O–H groups in total. The lowest BCUT2D eigenvalue weighted by atomic mass is 10.0. The van der Waals surface area contributed by atoms with Gasteiger partial charge in [-0.3, -0.25) is 4.79 Å². The maximum Gasteiger partial charge on any atom is 0.326 e. The molecular formula is C15H19N3O4. The van der Waals surface area contributed by atoms with Gasteiger partial charge in [-0.1, -0.05) is 25.9 Å². The quantitative estimate of drug-likeness (QED) is 0.845. The smallest absolute Gasteiger partial charge is 0.326 e. The van der Waals surface area contributed by atoms with Gasteiger partial charge in [0.15, 0.2) is 0 Å². The third kappa shape index (κ3) is 3.41. The second-order valence-electron chi connectivity index (χ2n) is 5.55. The number of fused-ring (bicyclic) bond motifs is 1. The van der Waals surface area contributed by atoms with E-state index in [4.69, 9.17) is 4.52 Å². The Balaban J connectivity index is 2.22.